The van der Waals surface area contributed by atoms with E-state index in [0.29, 0.717) is 29.3 Å². The molecule has 29 heavy (non-hydrogen) atoms. The summed E-state index contributed by atoms with van der Waals surface area (Å²) >= 11 is 0. The van der Waals surface area contributed by atoms with E-state index in [1.165, 1.54) is 0 Å². The Balaban J connectivity index is 1.66. The molecular formula is C22H28N2O4S. The summed E-state index contributed by atoms with van der Waals surface area (Å²) < 4.78 is 23.1. The molecule has 2 aromatic rings. The maximum atomic E-state index is 13.0. The Kier molecular flexibility index (Phi) is 7.28. The van der Waals surface area contributed by atoms with Crippen molar-refractivity contribution in [2.75, 3.05) is 46.2 Å². The molecule has 1 saturated heterocycles. The highest BCUT2D eigenvalue weighted by molar-refractivity contribution is 7.85. The van der Waals surface area contributed by atoms with Crippen molar-refractivity contribution in [2.45, 2.75) is 18.4 Å². The van der Waals surface area contributed by atoms with E-state index in [0.717, 1.165) is 36.7 Å². The fourth-order valence-electron chi connectivity index (χ4n) is 3.52. The first-order valence-electron chi connectivity index (χ1n) is 9.77. The third-order valence-corrected chi connectivity index (χ3v) is 6.54. The van der Waals surface area contributed by atoms with Crippen LogP contribution in [-0.2, 0) is 17.3 Å². The first kappa shape index (κ1) is 21.3. The average molecular weight is 417 g/mol. The van der Waals surface area contributed by atoms with Gasteiger partial charge in [-0.15, -0.1) is 0 Å². The van der Waals surface area contributed by atoms with E-state index in [9.17, 15) is 9.00 Å². The summed E-state index contributed by atoms with van der Waals surface area (Å²) in [5.74, 6) is 2.09. The van der Waals surface area contributed by atoms with E-state index < -0.39 is 10.8 Å². The van der Waals surface area contributed by atoms with E-state index in [2.05, 4.69) is 4.90 Å². The van der Waals surface area contributed by atoms with Crippen molar-refractivity contribution < 1.29 is 18.5 Å². The second kappa shape index (κ2) is 9.89. The lowest BCUT2D eigenvalue weighted by Crippen LogP contribution is -2.48. The molecule has 0 N–H and O–H groups in total. The summed E-state index contributed by atoms with van der Waals surface area (Å²) in [5, 5.41) is 0. The van der Waals surface area contributed by atoms with Gasteiger partial charge in [-0.05, 0) is 30.3 Å². The number of nitrogens with zero attached hydrogens (tertiary/aromatic N) is 2. The van der Waals surface area contributed by atoms with Crippen LogP contribution in [0.3, 0.4) is 0 Å². The quantitative estimate of drug-likeness (QED) is 0.695. The predicted molar refractivity (Wildman–Crippen MR) is 114 cm³/mol. The summed E-state index contributed by atoms with van der Waals surface area (Å²) in [6, 6.07) is 13.0. The lowest BCUT2D eigenvalue weighted by Gasteiger charge is -2.35. The SMILES string of the molecule is CCS(=O)c1ccccc1C(=O)N1CCN(Cc2cc(OC)ccc2OC)CC1. The third-order valence-electron chi connectivity index (χ3n) is 5.17. The van der Waals surface area contributed by atoms with E-state index in [1.807, 2.05) is 42.2 Å². The minimum Gasteiger partial charge on any atom is -0.497 e. The van der Waals surface area contributed by atoms with Gasteiger partial charge in [-0.25, -0.2) is 0 Å². The van der Waals surface area contributed by atoms with E-state index in [4.69, 9.17) is 9.47 Å². The number of benzene rings is 2. The van der Waals surface area contributed by atoms with Crippen molar-refractivity contribution in [3.63, 3.8) is 0 Å². The molecule has 0 aromatic heterocycles. The second-order valence-electron chi connectivity index (χ2n) is 6.88. The van der Waals surface area contributed by atoms with Gasteiger partial charge >= 0.3 is 0 Å². The monoisotopic (exact) mass is 416 g/mol. The number of rotatable bonds is 7. The lowest BCUT2D eigenvalue weighted by atomic mass is 10.1. The molecule has 1 aliphatic rings. The van der Waals surface area contributed by atoms with Crippen molar-refractivity contribution in [1.82, 2.24) is 9.80 Å². The molecule has 0 radical (unpaired) electrons. The van der Waals surface area contributed by atoms with Crippen LogP contribution in [-0.4, -0.2) is 66.1 Å². The van der Waals surface area contributed by atoms with E-state index in [-0.39, 0.29) is 5.91 Å². The summed E-state index contributed by atoms with van der Waals surface area (Å²) in [7, 11) is 2.17. The van der Waals surface area contributed by atoms with Crippen LogP contribution in [0, 0.1) is 0 Å². The van der Waals surface area contributed by atoms with Gasteiger partial charge < -0.3 is 14.4 Å². The number of methoxy groups -OCH3 is 2. The molecule has 1 atom stereocenters. The summed E-state index contributed by atoms with van der Waals surface area (Å²) in [6.45, 7) is 5.41. The molecule has 7 heteroatoms. The molecule has 1 heterocycles. The van der Waals surface area contributed by atoms with Crippen LogP contribution in [0.1, 0.15) is 22.8 Å². The number of carbonyl (C=O) groups is 1. The average Bonchev–Trinajstić information content (AvgIpc) is 2.78. The first-order valence-corrected chi connectivity index (χ1v) is 11.1. The smallest absolute Gasteiger partial charge is 0.255 e. The molecule has 1 aliphatic heterocycles. The van der Waals surface area contributed by atoms with Gasteiger partial charge in [-0.2, -0.15) is 0 Å². The molecule has 1 unspecified atom stereocenters. The molecule has 1 amide bonds. The Morgan fingerprint density at radius 2 is 1.76 bits per heavy atom. The fourth-order valence-corrected chi connectivity index (χ4v) is 4.47. The van der Waals surface area contributed by atoms with Crippen LogP contribution in [0.2, 0.25) is 0 Å². The van der Waals surface area contributed by atoms with Crippen LogP contribution >= 0.6 is 0 Å². The van der Waals surface area contributed by atoms with Gasteiger partial charge in [0.1, 0.15) is 11.5 Å². The van der Waals surface area contributed by atoms with Crippen molar-refractivity contribution >= 4 is 16.7 Å². The number of ether oxygens (including phenoxy) is 2. The van der Waals surface area contributed by atoms with Gasteiger partial charge in [0, 0.05) is 44.0 Å². The largest absolute Gasteiger partial charge is 0.497 e. The van der Waals surface area contributed by atoms with Crippen molar-refractivity contribution in [1.29, 1.82) is 0 Å². The molecule has 1 fully saturated rings. The first-order chi connectivity index (χ1) is 14.1. The van der Waals surface area contributed by atoms with Crippen molar-refractivity contribution in [2.24, 2.45) is 0 Å². The third kappa shape index (κ3) is 4.97. The lowest BCUT2D eigenvalue weighted by molar-refractivity contribution is 0.0624. The maximum Gasteiger partial charge on any atom is 0.255 e. The zero-order valence-corrected chi connectivity index (χ0v) is 18.0. The Morgan fingerprint density at radius 1 is 1.03 bits per heavy atom. The van der Waals surface area contributed by atoms with Gasteiger partial charge in [0.05, 0.1) is 35.5 Å². The van der Waals surface area contributed by atoms with Gasteiger partial charge in [0.2, 0.25) is 0 Å². The summed E-state index contributed by atoms with van der Waals surface area (Å²) in [6.07, 6.45) is 0. The fraction of sp³-hybridized carbons (Fsp3) is 0.409. The topological polar surface area (TPSA) is 59.1 Å². The van der Waals surface area contributed by atoms with Gasteiger partial charge in [0.25, 0.3) is 5.91 Å². The number of piperazine rings is 1. The zero-order valence-electron chi connectivity index (χ0n) is 17.2. The van der Waals surface area contributed by atoms with Crippen molar-refractivity contribution in [3.05, 3.63) is 53.6 Å². The minimum atomic E-state index is -1.15. The van der Waals surface area contributed by atoms with Crippen LogP contribution in [0.25, 0.3) is 0 Å². The number of hydrogen-bond acceptors (Lipinski definition) is 5. The molecule has 156 valence electrons. The standard InChI is InChI=1S/C22H28N2O4S/c1-4-29(26)21-8-6-5-7-19(21)22(25)24-13-11-23(12-14-24)16-17-15-18(27-2)9-10-20(17)28-3/h5-10,15H,4,11-14,16H2,1-3H3. The number of hydrogen-bond donors (Lipinski definition) is 0. The van der Waals surface area contributed by atoms with Crippen LogP contribution in [0.15, 0.2) is 47.4 Å². The minimum absolute atomic E-state index is 0.0407. The van der Waals surface area contributed by atoms with Crippen molar-refractivity contribution in [3.8, 4) is 11.5 Å². The molecule has 0 saturated carbocycles. The normalized spacial score (nSPS) is 15.8. The number of carbonyl (C=O) groups excluding carboxylic acids is 1. The van der Waals surface area contributed by atoms with Gasteiger partial charge in [-0.1, -0.05) is 19.1 Å². The van der Waals surface area contributed by atoms with E-state index >= 15 is 0 Å². The Morgan fingerprint density at radius 3 is 2.41 bits per heavy atom. The Bertz CT molecular complexity index is 879. The molecule has 0 bridgehead atoms. The van der Waals surface area contributed by atoms with Gasteiger partial charge in [-0.3, -0.25) is 13.9 Å². The summed E-state index contributed by atoms with van der Waals surface area (Å²) in [4.78, 5) is 17.8. The Labute approximate surface area is 174 Å². The molecule has 3 rings (SSSR count). The highest BCUT2D eigenvalue weighted by Gasteiger charge is 2.25. The molecule has 2 aromatic carbocycles. The summed E-state index contributed by atoms with van der Waals surface area (Å²) in [5.41, 5.74) is 1.62. The molecule has 0 spiro atoms. The predicted octanol–water partition coefficient (Wildman–Crippen LogP) is 2.79. The number of amides is 1. The molecule has 6 nitrogen and oxygen atoms in total. The maximum absolute atomic E-state index is 13.0. The highest BCUT2D eigenvalue weighted by atomic mass is 32.2. The van der Waals surface area contributed by atoms with Crippen LogP contribution in [0.5, 0.6) is 11.5 Å². The molecular weight excluding hydrogens is 388 g/mol. The van der Waals surface area contributed by atoms with E-state index in [1.54, 1.807) is 26.4 Å². The van der Waals surface area contributed by atoms with Crippen LogP contribution in [0.4, 0.5) is 0 Å². The van der Waals surface area contributed by atoms with Crippen LogP contribution < -0.4 is 9.47 Å². The molecule has 0 aliphatic carbocycles. The second-order valence-corrected chi connectivity index (χ2v) is 8.58. The van der Waals surface area contributed by atoms with Gasteiger partial charge in [0.15, 0.2) is 0 Å². The highest BCUT2D eigenvalue weighted by Crippen LogP contribution is 2.26. The Hall–Kier alpha value is -2.38. The zero-order chi connectivity index (χ0) is 20.8.